The lowest BCUT2D eigenvalue weighted by atomic mass is 10.4. The summed E-state index contributed by atoms with van der Waals surface area (Å²) >= 11 is 4.32. The third kappa shape index (κ3) is 5.69. The molecule has 0 atom stereocenters. The molecule has 0 saturated carbocycles. The van der Waals surface area contributed by atoms with Crippen LogP contribution < -0.4 is 5.32 Å². The fourth-order valence-corrected chi connectivity index (χ4v) is 0.483. The maximum Gasteiger partial charge on any atom is 0.254 e. The molecule has 0 bridgehead atoms. The van der Waals surface area contributed by atoms with Crippen molar-refractivity contribution in [1.29, 1.82) is 0 Å². The van der Waals surface area contributed by atoms with Gasteiger partial charge in [0.25, 0.3) is 5.17 Å². The Kier molecular flexibility index (Phi) is 2.67. The van der Waals surface area contributed by atoms with E-state index in [0.29, 0.717) is 0 Å². The Bertz CT molecular complexity index is 72.1. The summed E-state index contributed by atoms with van der Waals surface area (Å²) in [7, 11) is 0. The molecule has 0 aliphatic carbocycles. The van der Waals surface area contributed by atoms with Crippen LogP contribution in [0.4, 0.5) is 0 Å². The van der Waals surface area contributed by atoms with Crippen LogP contribution in [0.5, 0.6) is 0 Å². The van der Waals surface area contributed by atoms with Gasteiger partial charge in [-0.25, -0.2) is 0 Å². The number of aliphatic hydroxyl groups excluding tert-OH is 1. The van der Waals surface area contributed by atoms with E-state index >= 15 is 0 Å². The third-order valence-electron chi connectivity index (χ3n) is 0.412. The number of hydrogen-bond donors (Lipinski definition) is 2. The van der Waals surface area contributed by atoms with Crippen LogP contribution in [0, 0.1) is 0 Å². The maximum atomic E-state index is 8.34. The monoisotopic (exact) mass is 119 g/mol. The van der Waals surface area contributed by atoms with E-state index in [1.807, 2.05) is 13.8 Å². The lowest BCUT2D eigenvalue weighted by molar-refractivity contribution is 0.514. The molecule has 0 rings (SSSR count). The van der Waals surface area contributed by atoms with Gasteiger partial charge in [-0.1, -0.05) is 0 Å². The molecule has 0 unspecified atom stereocenters. The first-order valence-electron chi connectivity index (χ1n) is 2.12. The lowest BCUT2D eigenvalue weighted by Crippen LogP contribution is -2.27. The molecule has 42 valence electrons. The van der Waals surface area contributed by atoms with Crippen molar-refractivity contribution in [3.05, 3.63) is 0 Å². The normalized spacial score (nSPS) is 9.00. The topological polar surface area (TPSA) is 32.3 Å². The molecule has 0 radical (unpaired) electrons. The summed E-state index contributed by atoms with van der Waals surface area (Å²) in [6.45, 7) is 3.81. The van der Waals surface area contributed by atoms with Crippen LogP contribution in [0.25, 0.3) is 0 Å². The van der Waals surface area contributed by atoms with E-state index in [2.05, 4.69) is 17.5 Å². The van der Waals surface area contributed by atoms with E-state index in [1.54, 1.807) is 0 Å². The van der Waals surface area contributed by atoms with Gasteiger partial charge >= 0.3 is 0 Å². The van der Waals surface area contributed by atoms with Gasteiger partial charge < -0.3 is 10.4 Å². The number of aliphatic hydroxyl groups is 1. The highest BCUT2D eigenvalue weighted by Crippen LogP contribution is 1.73. The average molecular weight is 119 g/mol. The fourth-order valence-electron chi connectivity index (χ4n) is 0.247. The zero-order chi connectivity index (χ0) is 5.86. The minimum absolute atomic E-state index is 0.130. The molecule has 0 aromatic carbocycles. The summed E-state index contributed by atoms with van der Waals surface area (Å²) in [5, 5.41) is 10.8. The molecule has 0 fully saturated rings. The maximum absolute atomic E-state index is 8.34. The van der Waals surface area contributed by atoms with Gasteiger partial charge in [0.2, 0.25) is 0 Å². The van der Waals surface area contributed by atoms with Gasteiger partial charge in [-0.05, 0) is 26.1 Å². The zero-order valence-corrected chi connectivity index (χ0v) is 5.25. The van der Waals surface area contributed by atoms with E-state index in [1.165, 1.54) is 0 Å². The molecular weight excluding hydrogens is 110 g/mol. The fraction of sp³-hybridized carbons (Fsp3) is 0.750. The molecule has 2 N–H and O–H groups in total. The molecule has 0 saturated heterocycles. The Hall–Kier alpha value is -0.310. The summed E-state index contributed by atoms with van der Waals surface area (Å²) in [6.07, 6.45) is 0. The molecule has 7 heavy (non-hydrogen) atoms. The van der Waals surface area contributed by atoms with Crippen molar-refractivity contribution in [3.63, 3.8) is 0 Å². The van der Waals surface area contributed by atoms with Crippen LogP contribution in [0.3, 0.4) is 0 Å². The standard InChI is InChI=1S/C4H9NOS/c1-3(2)5-4(6)7/h3H,1-2H3,(H2,5,6,7). The molecule has 0 aromatic heterocycles. The van der Waals surface area contributed by atoms with Gasteiger partial charge in [0.1, 0.15) is 0 Å². The van der Waals surface area contributed by atoms with Crippen molar-refractivity contribution in [2.75, 3.05) is 0 Å². The second-order valence-corrected chi connectivity index (χ2v) is 1.99. The minimum Gasteiger partial charge on any atom is -0.487 e. The first-order valence-corrected chi connectivity index (χ1v) is 2.53. The Morgan fingerprint density at radius 2 is 2.14 bits per heavy atom. The summed E-state index contributed by atoms with van der Waals surface area (Å²) in [6, 6.07) is 0.234. The van der Waals surface area contributed by atoms with Gasteiger partial charge in [0.15, 0.2) is 0 Å². The van der Waals surface area contributed by atoms with E-state index < -0.39 is 0 Å². The lowest BCUT2D eigenvalue weighted by Gasteiger charge is -2.03. The second-order valence-electron chi connectivity index (χ2n) is 1.60. The summed E-state index contributed by atoms with van der Waals surface area (Å²) in [5.74, 6) is 0. The van der Waals surface area contributed by atoms with Gasteiger partial charge in [-0.2, -0.15) is 0 Å². The van der Waals surface area contributed by atoms with Crippen LogP contribution in [0.15, 0.2) is 0 Å². The van der Waals surface area contributed by atoms with Gasteiger partial charge in [0.05, 0.1) is 0 Å². The van der Waals surface area contributed by atoms with Crippen molar-refractivity contribution in [2.45, 2.75) is 19.9 Å². The minimum atomic E-state index is -0.130. The highest BCUT2D eigenvalue weighted by Gasteiger charge is 1.90. The number of thiocarbonyl (C=S) groups is 1. The zero-order valence-electron chi connectivity index (χ0n) is 4.43. The Labute approximate surface area is 48.5 Å². The van der Waals surface area contributed by atoms with E-state index in [4.69, 9.17) is 5.11 Å². The highest BCUT2D eigenvalue weighted by atomic mass is 32.1. The van der Waals surface area contributed by atoms with Crippen LogP contribution >= 0.6 is 12.2 Å². The summed E-state index contributed by atoms with van der Waals surface area (Å²) in [4.78, 5) is 0. The van der Waals surface area contributed by atoms with Crippen molar-refractivity contribution < 1.29 is 5.11 Å². The highest BCUT2D eigenvalue weighted by molar-refractivity contribution is 7.79. The number of rotatable bonds is 1. The van der Waals surface area contributed by atoms with E-state index in [0.717, 1.165) is 0 Å². The molecule has 0 aliphatic rings. The summed E-state index contributed by atoms with van der Waals surface area (Å²) < 4.78 is 0. The Balaban J connectivity index is 3.13. The van der Waals surface area contributed by atoms with E-state index in [-0.39, 0.29) is 11.2 Å². The molecule has 0 aliphatic heterocycles. The van der Waals surface area contributed by atoms with Crippen LogP contribution in [-0.2, 0) is 0 Å². The van der Waals surface area contributed by atoms with Crippen LogP contribution in [-0.4, -0.2) is 16.3 Å². The molecule has 3 heteroatoms. The van der Waals surface area contributed by atoms with Gasteiger partial charge in [0, 0.05) is 6.04 Å². The van der Waals surface area contributed by atoms with Gasteiger partial charge in [-0.3, -0.25) is 0 Å². The largest absolute Gasteiger partial charge is 0.487 e. The first-order chi connectivity index (χ1) is 3.13. The Morgan fingerprint density at radius 1 is 1.71 bits per heavy atom. The molecule has 0 amide bonds. The third-order valence-corrected chi connectivity index (χ3v) is 0.530. The number of hydrogen-bond acceptors (Lipinski definition) is 1. The quantitative estimate of drug-likeness (QED) is 0.501. The van der Waals surface area contributed by atoms with Crippen molar-refractivity contribution in [1.82, 2.24) is 5.32 Å². The van der Waals surface area contributed by atoms with Crippen molar-refractivity contribution in [3.8, 4) is 0 Å². The molecule has 2 nitrogen and oxygen atoms in total. The molecule has 0 heterocycles. The Morgan fingerprint density at radius 3 is 2.14 bits per heavy atom. The smallest absolute Gasteiger partial charge is 0.254 e. The number of nitrogens with one attached hydrogen (secondary N) is 1. The van der Waals surface area contributed by atoms with Crippen LogP contribution in [0.2, 0.25) is 0 Å². The summed E-state index contributed by atoms with van der Waals surface area (Å²) in [5.41, 5.74) is 0. The van der Waals surface area contributed by atoms with Crippen molar-refractivity contribution >= 4 is 17.4 Å². The predicted molar refractivity (Wildman–Crippen MR) is 33.5 cm³/mol. The van der Waals surface area contributed by atoms with Crippen LogP contribution in [0.1, 0.15) is 13.8 Å². The van der Waals surface area contributed by atoms with Crippen molar-refractivity contribution in [2.24, 2.45) is 0 Å². The second kappa shape index (κ2) is 2.80. The first kappa shape index (κ1) is 6.69. The molecular formula is C4H9NOS. The molecule has 0 spiro atoms. The SMILES string of the molecule is CC(C)NC(O)=S. The van der Waals surface area contributed by atoms with Gasteiger partial charge in [-0.15, -0.1) is 0 Å². The molecule has 0 aromatic rings. The predicted octanol–water partition coefficient (Wildman–Crippen LogP) is 0.827. The van der Waals surface area contributed by atoms with E-state index in [9.17, 15) is 0 Å². The average Bonchev–Trinajstić information content (AvgIpc) is 1.27.